The van der Waals surface area contributed by atoms with E-state index in [0.717, 1.165) is 29.2 Å². The molecular weight excluding hydrogens is 389 g/mol. The van der Waals surface area contributed by atoms with Crippen molar-refractivity contribution in [2.75, 3.05) is 18.1 Å². The minimum absolute atomic E-state index is 0.0606. The minimum atomic E-state index is -4.57. The number of halogens is 5. The van der Waals surface area contributed by atoms with Gasteiger partial charge in [0.15, 0.2) is 0 Å². The van der Waals surface area contributed by atoms with E-state index in [1.54, 1.807) is 0 Å². The molecule has 0 spiro atoms. The highest BCUT2D eigenvalue weighted by Crippen LogP contribution is 2.29. The summed E-state index contributed by atoms with van der Waals surface area (Å²) < 4.78 is 66.5. The number of benzene rings is 2. The summed E-state index contributed by atoms with van der Waals surface area (Å²) in [6.07, 6.45) is -4.57. The zero-order chi connectivity index (χ0) is 20.9. The Hall–Kier alpha value is -3.01. The Kier molecular flexibility index (Phi) is 6.68. The molecule has 0 unspecified atom stereocenters. The number of rotatable bonds is 7. The van der Waals surface area contributed by atoms with Crippen LogP contribution in [0.3, 0.4) is 0 Å². The molecule has 1 amide bonds. The molecule has 2 aromatic carbocycles. The van der Waals surface area contributed by atoms with Crippen molar-refractivity contribution in [3.8, 4) is 0 Å². The van der Waals surface area contributed by atoms with Crippen LogP contribution in [0.5, 0.6) is 0 Å². The Morgan fingerprint density at radius 2 is 1.50 bits per heavy atom. The first-order chi connectivity index (χ1) is 13.1. The van der Waals surface area contributed by atoms with Crippen LogP contribution in [0.4, 0.5) is 27.6 Å². The van der Waals surface area contributed by atoms with Gasteiger partial charge < -0.3 is 14.7 Å². The van der Waals surface area contributed by atoms with Gasteiger partial charge in [-0.3, -0.25) is 4.79 Å². The van der Waals surface area contributed by atoms with Crippen LogP contribution in [0.25, 0.3) is 0 Å². The van der Waals surface area contributed by atoms with Gasteiger partial charge in [-0.2, -0.15) is 22.0 Å². The van der Waals surface area contributed by atoms with Crippen LogP contribution < -0.4 is 4.90 Å². The van der Waals surface area contributed by atoms with Crippen molar-refractivity contribution < 1.29 is 41.4 Å². The first-order valence-electron chi connectivity index (χ1n) is 7.82. The summed E-state index contributed by atoms with van der Waals surface area (Å²) in [6.45, 7) is -3.92. The van der Waals surface area contributed by atoms with Gasteiger partial charge in [-0.25, -0.2) is 4.79 Å². The number of aromatic carboxylic acids is 1. The Labute approximate surface area is 155 Å². The molecule has 0 aliphatic carbocycles. The number of carbonyl (C=O) groups is 2. The minimum Gasteiger partial charge on any atom is -0.478 e. The average molecular weight is 403 g/mol. The number of anilines is 1. The summed E-state index contributed by atoms with van der Waals surface area (Å²) in [5.74, 6) is -1.96. The third-order valence-corrected chi connectivity index (χ3v) is 3.69. The fraction of sp³-hybridized carbons (Fsp3) is 0.222. The summed E-state index contributed by atoms with van der Waals surface area (Å²) in [7, 11) is 0. The fourth-order valence-electron chi connectivity index (χ4n) is 2.32. The monoisotopic (exact) mass is 403 g/mol. The average Bonchev–Trinajstić information content (AvgIpc) is 2.64. The SMILES string of the molecule is O=C(O)c1ccc(N(CCOC(F)F)C(=O)c2ccc(C(F)(F)F)cc2)cc1. The van der Waals surface area contributed by atoms with Gasteiger partial charge >= 0.3 is 18.8 Å². The Morgan fingerprint density at radius 1 is 0.964 bits per heavy atom. The maximum absolute atomic E-state index is 12.7. The van der Waals surface area contributed by atoms with E-state index in [1.807, 2.05) is 0 Å². The summed E-state index contributed by atoms with van der Waals surface area (Å²) in [4.78, 5) is 24.6. The lowest BCUT2D eigenvalue weighted by Gasteiger charge is -2.23. The van der Waals surface area contributed by atoms with Gasteiger partial charge in [0.25, 0.3) is 5.91 Å². The summed E-state index contributed by atoms with van der Waals surface area (Å²) in [6, 6.07) is 8.39. The number of nitrogens with zero attached hydrogens (tertiary/aromatic N) is 1. The number of alkyl halides is 5. The van der Waals surface area contributed by atoms with Gasteiger partial charge in [0.2, 0.25) is 0 Å². The second kappa shape index (κ2) is 8.79. The molecule has 0 aliphatic rings. The summed E-state index contributed by atoms with van der Waals surface area (Å²) >= 11 is 0. The molecule has 0 radical (unpaired) electrons. The molecular formula is C18H14F5NO4. The van der Waals surface area contributed by atoms with Crippen LogP contribution in [0.15, 0.2) is 48.5 Å². The predicted molar refractivity (Wildman–Crippen MR) is 88.5 cm³/mol. The lowest BCUT2D eigenvalue weighted by Crippen LogP contribution is -2.34. The second-order valence-corrected chi connectivity index (χ2v) is 5.52. The van der Waals surface area contributed by atoms with Gasteiger partial charge in [0, 0.05) is 17.8 Å². The molecule has 0 saturated heterocycles. The smallest absolute Gasteiger partial charge is 0.416 e. The molecule has 2 aromatic rings. The number of carboxylic acid groups (broad SMARTS) is 1. The largest absolute Gasteiger partial charge is 0.478 e. The third kappa shape index (κ3) is 5.49. The Balaban J connectivity index is 2.29. The molecule has 10 heteroatoms. The second-order valence-electron chi connectivity index (χ2n) is 5.52. The maximum Gasteiger partial charge on any atom is 0.416 e. The van der Waals surface area contributed by atoms with Crippen LogP contribution in [0.2, 0.25) is 0 Å². The van der Waals surface area contributed by atoms with E-state index in [4.69, 9.17) is 5.11 Å². The molecule has 0 aliphatic heterocycles. The predicted octanol–water partition coefficient (Wildman–Crippen LogP) is 4.29. The lowest BCUT2D eigenvalue weighted by atomic mass is 10.1. The number of carbonyl (C=O) groups excluding carboxylic acids is 1. The maximum atomic E-state index is 12.7. The van der Waals surface area contributed by atoms with Crippen LogP contribution in [-0.4, -0.2) is 36.7 Å². The normalized spacial score (nSPS) is 11.5. The van der Waals surface area contributed by atoms with E-state index in [2.05, 4.69) is 4.74 Å². The van der Waals surface area contributed by atoms with Crippen molar-refractivity contribution in [1.29, 1.82) is 0 Å². The van der Waals surface area contributed by atoms with E-state index in [0.29, 0.717) is 0 Å². The highest BCUT2D eigenvalue weighted by atomic mass is 19.4. The van der Waals surface area contributed by atoms with Crippen LogP contribution >= 0.6 is 0 Å². The summed E-state index contributed by atoms with van der Waals surface area (Å²) in [5, 5.41) is 8.92. The molecule has 1 N–H and O–H groups in total. The molecule has 2 rings (SSSR count). The van der Waals surface area contributed by atoms with Crippen molar-refractivity contribution in [2.45, 2.75) is 12.8 Å². The number of hydrogen-bond donors (Lipinski definition) is 1. The van der Waals surface area contributed by atoms with Crippen molar-refractivity contribution in [3.63, 3.8) is 0 Å². The van der Waals surface area contributed by atoms with Crippen LogP contribution in [0.1, 0.15) is 26.3 Å². The first-order valence-corrected chi connectivity index (χ1v) is 7.82. The number of amides is 1. The van der Waals surface area contributed by atoms with E-state index >= 15 is 0 Å². The molecule has 0 heterocycles. The number of hydrogen-bond acceptors (Lipinski definition) is 3. The van der Waals surface area contributed by atoms with Gasteiger partial charge in [0.05, 0.1) is 17.7 Å². The molecule has 28 heavy (non-hydrogen) atoms. The topological polar surface area (TPSA) is 66.8 Å². The molecule has 0 atom stereocenters. The van der Waals surface area contributed by atoms with Gasteiger partial charge in [-0.1, -0.05) is 0 Å². The van der Waals surface area contributed by atoms with Crippen molar-refractivity contribution in [3.05, 3.63) is 65.2 Å². The zero-order valence-electron chi connectivity index (χ0n) is 14.1. The molecule has 150 valence electrons. The van der Waals surface area contributed by atoms with E-state index in [1.165, 1.54) is 24.3 Å². The molecule has 0 fully saturated rings. The Bertz CT molecular complexity index is 819. The standard InChI is InChI=1S/C18H14F5NO4/c19-17(20)28-10-9-24(14-7-3-12(4-8-14)16(26)27)15(25)11-1-5-13(6-2-11)18(21,22)23/h1-8,17H,9-10H2,(H,26,27). The molecule has 5 nitrogen and oxygen atoms in total. The molecule has 0 bridgehead atoms. The third-order valence-electron chi connectivity index (χ3n) is 3.69. The van der Waals surface area contributed by atoms with Crippen molar-refractivity contribution in [1.82, 2.24) is 0 Å². The van der Waals surface area contributed by atoms with Crippen LogP contribution in [-0.2, 0) is 10.9 Å². The highest BCUT2D eigenvalue weighted by Gasteiger charge is 2.30. The van der Waals surface area contributed by atoms with E-state index in [9.17, 15) is 31.5 Å². The quantitative estimate of drug-likeness (QED) is 0.701. The Morgan fingerprint density at radius 3 is 1.96 bits per heavy atom. The van der Waals surface area contributed by atoms with Gasteiger partial charge in [-0.15, -0.1) is 0 Å². The summed E-state index contributed by atoms with van der Waals surface area (Å²) in [5.41, 5.74) is -0.933. The molecule has 0 aromatic heterocycles. The van der Waals surface area contributed by atoms with Crippen molar-refractivity contribution >= 4 is 17.6 Å². The van der Waals surface area contributed by atoms with Gasteiger partial charge in [0.1, 0.15) is 0 Å². The first kappa shape index (κ1) is 21.3. The molecule has 0 saturated carbocycles. The fourth-order valence-corrected chi connectivity index (χ4v) is 2.32. The number of carboxylic acids is 1. The lowest BCUT2D eigenvalue weighted by molar-refractivity contribution is -0.137. The van der Waals surface area contributed by atoms with E-state index < -0.39 is 36.8 Å². The number of ether oxygens (including phenoxy) is 1. The van der Waals surface area contributed by atoms with Gasteiger partial charge in [-0.05, 0) is 48.5 Å². The van der Waals surface area contributed by atoms with Crippen molar-refractivity contribution in [2.24, 2.45) is 0 Å². The van der Waals surface area contributed by atoms with Crippen LogP contribution in [0, 0.1) is 0 Å². The van der Waals surface area contributed by atoms with E-state index in [-0.39, 0.29) is 23.4 Å². The highest BCUT2D eigenvalue weighted by molar-refractivity contribution is 6.06. The zero-order valence-corrected chi connectivity index (χ0v) is 14.1.